The summed E-state index contributed by atoms with van der Waals surface area (Å²) in [5, 5.41) is 13.6. The summed E-state index contributed by atoms with van der Waals surface area (Å²) in [6.45, 7) is 4.54. The maximum absolute atomic E-state index is 12.1. The third-order valence-electron chi connectivity index (χ3n) is 2.67. The van der Waals surface area contributed by atoms with Gasteiger partial charge in [-0.3, -0.25) is 5.43 Å². The van der Waals surface area contributed by atoms with Crippen LogP contribution in [0.1, 0.15) is 26.3 Å². The van der Waals surface area contributed by atoms with E-state index in [0.717, 1.165) is 6.20 Å². The highest BCUT2D eigenvalue weighted by Crippen LogP contribution is 2.23. The largest absolute Gasteiger partial charge is 0.284 e. The van der Waals surface area contributed by atoms with E-state index in [1.165, 1.54) is 27.0 Å². The molecule has 0 heterocycles. The van der Waals surface area contributed by atoms with Gasteiger partial charge in [0.2, 0.25) is 0 Å². The summed E-state index contributed by atoms with van der Waals surface area (Å²) in [4.78, 5) is -0.401. The Kier molecular flexibility index (Phi) is 6.00. The summed E-state index contributed by atoms with van der Waals surface area (Å²) < 4.78 is 23.2. The molecule has 5 nitrogen and oxygen atoms in total. The van der Waals surface area contributed by atoms with Gasteiger partial charge in [-0.15, -0.1) is 0 Å². The zero-order chi connectivity index (χ0) is 17.0. The van der Waals surface area contributed by atoms with Gasteiger partial charge in [0.25, 0.3) is 0 Å². The Balaban J connectivity index is 2.98. The Morgan fingerprint density at radius 2 is 1.86 bits per heavy atom. The molecule has 0 saturated heterocycles. The van der Waals surface area contributed by atoms with E-state index in [-0.39, 0.29) is 0 Å². The van der Waals surface area contributed by atoms with E-state index in [1.807, 2.05) is 0 Å². The van der Waals surface area contributed by atoms with Crippen LogP contribution in [-0.2, 0) is 9.84 Å². The Morgan fingerprint density at radius 3 is 2.32 bits per heavy atom. The zero-order valence-corrected chi connectivity index (χ0v) is 14.6. The molecule has 1 aromatic carbocycles. The molecule has 0 aliphatic heterocycles. The molecule has 118 valence electrons. The lowest BCUT2D eigenvalue weighted by Crippen LogP contribution is -2.29. The lowest BCUT2D eigenvalue weighted by Gasteiger charge is -2.17. The fourth-order valence-corrected chi connectivity index (χ4v) is 2.81. The number of allylic oxidation sites excluding steroid dienone is 1. The van der Waals surface area contributed by atoms with Crippen molar-refractivity contribution in [2.24, 2.45) is 5.10 Å². The van der Waals surface area contributed by atoms with Crippen LogP contribution >= 0.6 is 23.2 Å². The normalized spacial score (nSPS) is 13.2. The summed E-state index contributed by atoms with van der Waals surface area (Å²) >= 11 is 11.9. The molecule has 22 heavy (non-hydrogen) atoms. The number of rotatable bonds is 4. The van der Waals surface area contributed by atoms with Gasteiger partial charge in [-0.25, -0.2) is 8.42 Å². The van der Waals surface area contributed by atoms with Crippen molar-refractivity contribution in [2.45, 2.75) is 25.5 Å². The van der Waals surface area contributed by atoms with E-state index in [0.29, 0.717) is 15.6 Å². The van der Waals surface area contributed by atoms with E-state index < -0.39 is 19.5 Å². The first kappa shape index (κ1) is 18.5. The van der Waals surface area contributed by atoms with E-state index >= 15 is 0 Å². The molecular formula is C14H15Cl2N3O2S. The van der Waals surface area contributed by atoms with Gasteiger partial charge < -0.3 is 0 Å². The van der Waals surface area contributed by atoms with Crippen molar-refractivity contribution in [3.8, 4) is 6.07 Å². The molecule has 0 radical (unpaired) electrons. The highest BCUT2D eigenvalue weighted by Gasteiger charge is 2.33. The molecule has 0 fully saturated rings. The van der Waals surface area contributed by atoms with Gasteiger partial charge in [0.15, 0.2) is 14.7 Å². The first-order valence-electron chi connectivity index (χ1n) is 6.19. The predicted octanol–water partition coefficient (Wildman–Crippen LogP) is 3.50. The van der Waals surface area contributed by atoms with Crippen LogP contribution in [0, 0.1) is 11.3 Å². The number of sulfone groups is 1. The maximum Gasteiger partial charge on any atom is 0.194 e. The molecule has 0 atom stereocenters. The minimum absolute atomic E-state index is 0.401. The Hall–Kier alpha value is -1.55. The molecule has 1 N–H and O–H groups in total. The molecular weight excluding hydrogens is 345 g/mol. The van der Waals surface area contributed by atoms with Crippen molar-refractivity contribution >= 4 is 39.3 Å². The van der Waals surface area contributed by atoms with Crippen molar-refractivity contribution in [2.75, 3.05) is 0 Å². The average Bonchev–Trinajstić information content (AvgIpc) is 2.40. The molecule has 0 aromatic heterocycles. The number of halogens is 2. The molecule has 0 amide bonds. The fraction of sp³-hybridized carbons (Fsp3) is 0.286. The molecule has 0 unspecified atom stereocenters. The second-order valence-electron chi connectivity index (χ2n) is 5.26. The Bertz CT molecular complexity index is 737. The van der Waals surface area contributed by atoms with Gasteiger partial charge in [-0.05, 0) is 32.9 Å². The first-order valence-corrected chi connectivity index (χ1v) is 8.42. The van der Waals surface area contributed by atoms with Gasteiger partial charge in [-0.1, -0.05) is 29.3 Å². The van der Waals surface area contributed by atoms with Crippen LogP contribution in [0.3, 0.4) is 0 Å². The van der Waals surface area contributed by atoms with Crippen molar-refractivity contribution in [1.29, 1.82) is 5.26 Å². The van der Waals surface area contributed by atoms with Crippen LogP contribution in [0.4, 0.5) is 0 Å². The monoisotopic (exact) mass is 359 g/mol. The number of nitrogens with one attached hydrogen (secondary N) is 1. The van der Waals surface area contributed by atoms with Crippen LogP contribution in [0.25, 0.3) is 0 Å². The van der Waals surface area contributed by atoms with Crippen molar-refractivity contribution < 1.29 is 8.42 Å². The van der Waals surface area contributed by atoms with Gasteiger partial charge in [0.1, 0.15) is 6.07 Å². The topological polar surface area (TPSA) is 82.3 Å². The van der Waals surface area contributed by atoms with Gasteiger partial charge in [0, 0.05) is 11.8 Å². The lowest BCUT2D eigenvalue weighted by atomic mass is 10.2. The Morgan fingerprint density at radius 1 is 1.32 bits per heavy atom. The van der Waals surface area contributed by atoms with Gasteiger partial charge in [-0.2, -0.15) is 10.4 Å². The quantitative estimate of drug-likeness (QED) is 0.506. The standard InChI is InChI=1S/C14H15Cl2N3O2S/c1-14(2,3)22(20,21)10(7-17)8-18-19-9-11-12(15)5-4-6-13(11)16/h4-6,8-9,18H,1-3H3/b10-8-,19-9-. The van der Waals surface area contributed by atoms with Crippen molar-refractivity contribution in [3.63, 3.8) is 0 Å². The minimum Gasteiger partial charge on any atom is -0.284 e. The minimum atomic E-state index is -3.74. The molecule has 1 aromatic rings. The van der Waals surface area contributed by atoms with Crippen LogP contribution in [0.5, 0.6) is 0 Å². The zero-order valence-electron chi connectivity index (χ0n) is 12.3. The van der Waals surface area contributed by atoms with Crippen molar-refractivity contribution in [1.82, 2.24) is 5.43 Å². The summed E-state index contributed by atoms with van der Waals surface area (Å²) in [5.41, 5.74) is 2.90. The summed E-state index contributed by atoms with van der Waals surface area (Å²) in [5.74, 6) is 0. The lowest BCUT2D eigenvalue weighted by molar-refractivity contribution is 0.568. The molecule has 0 aliphatic carbocycles. The first-order chi connectivity index (χ1) is 10.1. The van der Waals surface area contributed by atoms with Crippen molar-refractivity contribution in [3.05, 3.63) is 44.9 Å². The van der Waals surface area contributed by atoms with E-state index in [9.17, 15) is 8.42 Å². The van der Waals surface area contributed by atoms with E-state index in [2.05, 4.69) is 10.5 Å². The predicted molar refractivity (Wildman–Crippen MR) is 89.6 cm³/mol. The molecule has 0 bridgehead atoms. The molecule has 1 rings (SSSR count). The second kappa shape index (κ2) is 7.14. The number of hydrogen-bond donors (Lipinski definition) is 1. The second-order valence-corrected chi connectivity index (χ2v) is 8.74. The smallest absolute Gasteiger partial charge is 0.194 e. The van der Waals surface area contributed by atoms with Crippen LogP contribution in [-0.4, -0.2) is 19.4 Å². The molecule has 0 spiro atoms. The highest BCUT2D eigenvalue weighted by atomic mass is 35.5. The maximum atomic E-state index is 12.1. The SMILES string of the molecule is CC(C)(C)S(=O)(=O)/C(C#N)=C\N/N=C\c1c(Cl)cccc1Cl. The van der Waals surface area contributed by atoms with Gasteiger partial charge in [0.05, 0.1) is 21.0 Å². The summed E-state index contributed by atoms with van der Waals surface area (Å²) in [6.07, 6.45) is 2.38. The van der Waals surface area contributed by atoms with E-state index in [1.54, 1.807) is 24.3 Å². The van der Waals surface area contributed by atoms with Crippen LogP contribution < -0.4 is 5.43 Å². The molecule has 8 heteroatoms. The summed E-state index contributed by atoms with van der Waals surface area (Å²) in [6, 6.07) is 6.64. The van der Waals surface area contributed by atoms with E-state index in [4.69, 9.17) is 28.5 Å². The van der Waals surface area contributed by atoms with Gasteiger partial charge >= 0.3 is 0 Å². The Labute approximate surface area is 140 Å². The third kappa shape index (κ3) is 4.23. The molecule has 0 aliphatic rings. The number of nitrogens with zero attached hydrogens (tertiary/aromatic N) is 2. The molecule has 0 saturated carbocycles. The number of nitriles is 1. The van der Waals surface area contributed by atoms with Crippen LogP contribution in [0.15, 0.2) is 34.4 Å². The number of hydrogen-bond acceptors (Lipinski definition) is 5. The number of benzene rings is 1. The summed E-state index contributed by atoms with van der Waals surface area (Å²) in [7, 11) is -3.74. The fourth-order valence-electron chi connectivity index (χ4n) is 1.33. The highest BCUT2D eigenvalue weighted by molar-refractivity contribution is 7.96. The van der Waals surface area contributed by atoms with Crippen LogP contribution in [0.2, 0.25) is 10.0 Å². The number of hydrazone groups is 1. The average molecular weight is 360 g/mol. The third-order valence-corrected chi connectivity index (χ3v) is 5.73.